The molecule has 32 heavy (non-hydrogen) atoms. The SMILES string of the molecule is CCCOC(=O)C1=C(C)Nc2nc(SCCC)nn2C1c1cc(Br)c(OC)c(OCC)c1. The van der Waals surface area contributed by atoms with Gasteiger partial charge in [-0.15, -0.1) is 5.10 Å². The second kappa shape index (κ2) is 11.1. The molecule has 0 amide bonds. The summed E-state index contributed by atoms with van der Waals surface area (Å²) in [7, 11) is 1.59. The van der Waals surface area contributed by atoms with Crippen LogP contribution in [0.1, 0.15) is 52.1 Å². The minimum atomic E-state index is -0.527. The lowest BCUT2D eigenvalue weighted by atomic mass is 9.95. The van der Waals surface area contributed by atoms with Crippen molar-refractivity contribution in [2.24, 2.45) is 0 Å². The standard InChI is InChI=1S/C22H29BrN4O4S/c1-6-9-31-20(28)17-13(4)24-21-25-22(32-10-7-2)26-27(21)18(17)14-11-15(23)19(29-5)16(12-14)30-8-3/h11-12,18H,6-10H2,1-5H3,(H,24,25,26). The van der Waals surface area contributed by atoms with Crippen molar-refractivity contribution < 1.29 is 19.0 Å². The molecule has 174 valence electrons. The fourth-order valence-electron chi connectivity index (χ4n) is 3.44. The Bertz CT molecular complexity index is 1010. The van der Waals surface area contributed by atoms with Crippen LogP contribution in [0.5, 0.6) is 11.5 Å². The smallest absolute Gasteiger partial charge is 0.338 e. The fourth-order valence-corrected chi connectivity index (χ4v) is 4.74. The summed E-state index contributed by atoms with van der Waals surface area (Å²) in [6.45, 7) is 8.67. The largest absolute Gasteiger partial charge is 0.492 e. The number of methoxy groups -OCH3 is 1. The van der Waals surface area contributed by atoms with Crippen molar-refractivity contribution in [3.05, 3.63) is 33.4 Å². The first-order valence-electron chi connectivity index (χ1n) is 10.7. The number of thioether (sulfide) groups is 1. The van der Waals surface area contributed by atoms with E-state index in [1.807, 2.05) is 32.9 Å². The molecular weight excluding hydrogens is 496 g/mol. The van der Waals surface area contributed by atoms with E-state index in [0.29, 0.717) is 47.1 Å². The lowest BCUT2D eigenvalue weighted by Crippen LogP contribution is -2.30. The molecule has 2 aromatic rings. The van der Waals surface area contributed by atoms with Crippen molar-refractivity contribution >= 4 is 39.6 Å². The summed E-state index contributed by atoms with van der Waals surface area (Å²) in [6.07, 6.45) is 1.76. The number of esters is 1. The molecule has 8 nitrogen and oxygen atoms in total. The van der Waals surface area contributed by atoms with Gasteiger partial charge in [0.1, 0.15) is 6.04 Å². The summed E-state index contributed by atoms with van der Waals surface area (Å²) in [6, 6.07) is 3.27. The van der Waals surface area contributed by atoms with Crippen LogP contribution in [0.25, 0.3) is 0 Å². The highest BCUT2D eigenvalue weighted by Gasteiger charge is 2.36. The maximum atomic E-state index is 13.1. The third-order valence-corrected chi connectivity index (χ3v) is 6.41. The van der Waals surface area contributed by atoms with Crippen LogP contribution in [-0.4, -0.2) is 46.8 Å². The van der Waals surface area contributed by atoms with Crippen LogP contribution in [0.4, 0.5) is 5.95 Å². The van der Waals surface area contributed by atoms with Gasteiger partial charge in [-0.05, 0) is 60.3 Å². The zero-order valence-corrected chi connectivity index (χ0v) is 21.4. The van der Waals surface area contributed by atoms with Gasteiger partial charge in [0, 0.05) is 11.4 Å². The third-order valence-electron chi connectivity index (χ3n) is 4.78. The van der Waals surface area contributed by atoms with Crippen molar-refractivity contribution in [1.82, 2.24) is 14.8 Å². The predicted octanol–water partition coefficient (Wildman–Crippen LogP) is 5.19. The third kappa shape index (κ3) is 5.06. The minimum Gasteiger partial charge on any atom is -0.492 e. The number of nitrogens with one attached hydrogen (secondary N) is 1. The zero-order chi connectivity index (χ0) is 23.3. The lowest BCUT2D eigenvalue weighted by molar-refractivity contribution is -0.139. The molecule has 1 atom stereocenters. The molecule has 1 aromatic carbocycles. The van der Waals surface area contributed by atoms with E-state index >= 15 is 0 Å². The maximum absolute atomic E-state index is 13.1. The van der Waals surface area contributed by atoms with Gasteiger partial charge in [0.15, 0.2) is 11.5 Å². The minimum absolute atomic E-state index is 0.348. The summed E-state index contributed by atoms with van der Waals surface area (Å²) >= 11 is 5.17. The molecular formula is C22H29BrN4O4S. The Morgan fingerprint density at radius 1 is 1.28 bits per heavy atom. The van der Waals surface area contributed by atoms with E-state index in [1.165, 1.54) is 0 Å². The number of nitrogens with zero attached hydrogens (tertiary/aromatic N) is 3. The normalized spacial score (nSPS) is 15.2. The Kier molecular flexibility index (Phi) is 8.47. The van der Waals surface area contributed by atoms with E-state index in [4.69, 9.17) is 19.3 Å². The quantitative estimate of drug-likeness (QED) is 0.335. The van der Waals surface area contributed by atoms with Crippen LogP contribution in [0.3, 0.4) is 0 Å². The van der Waals surface area contributed by atoms with E-state index in [0.717, 1.165) is 28.6 Å². The summed E-state index contributed by atoms with van der Waals surface area (Å²) < 4.78 is 19.3. The molecule has 0 spiro atoms. The molecule has 0 fully saturated rings. The van der Waals surface area contributed by atoms with E-state index in [9.17, 15) is 4.79 Å². The Morgan fingerprint density at radius 3 is 2.72 bits per heavy atom. The van der Waals surface area contributed by atoms with Gasteiger partial charge in [-0.1, -0.05) is 25.6 Å². The molecule has 0 bridgehead atoms. The Labute approximate surface area is 201 Å². The monoisotopic (exact) mass is 524 g/mol. The van der Waals surface area contributed by atoms with Gasteiger partial charge in [0.25, 0.3) is 0 Å². The van der Waals surface area contributed by atoms with E-state index in [1.54, 1.807) is 23.6 Å². The number of aromatic nitrogens is 3. The molecule has 10 heteroatoms. The van der Waals surface area contributed by atoms with Crippen LogP contribution >= 0.6 is 27.7 Å². The number of carbonyl (C=O) groups excluding carboxylic acids is 1. The van der Waals surface area contributed by atoms with E-state index < -0.39 is 6.04 Å². The number of fused-ring (bicyclic) bond motifs is 1. The van der Waals surface area contributed by atoms with E-state index in [2.05, 4.69) is 33.2 Å². The first-order chi connectivity index (χ1) is 15.4. The summed E-state index contributed by atoms with van der Waals surface area (Å²) in [5.41, 5.74) is 1.99. The molecule has 0 saturated carbocycles. The first-order valence-corrected chi connectivity index (χ1v) is 12.5. The number of halogens is 1. The van der Waals surface area contributed by atoms with Crippen LogP contribution < -0.4 is 14.8 Å². The topological polar surface area (TPSA) is 87.5 Å². The first kappa shape index (κ1) is 24.4. The molecule has 0 saturated heterocycles. The number of ether oxygens (including phenoxy) is 3. The second-order valence-corrected chi connectivity index (χ2v) is 9.10. The predicted molar refractivity (Wildman–Crippen MR) is 129 cm³/mol. The highest BCUT2D eigenvalue weighted by Crippen LogP contribution is 2.43. The van der Waals surface area contributed by atoms with Gasteiger partial charge >= 0.3 is 5.97 Å². The van der Waals surface area contributed by atoms with Gasteiger partial charge in [-0.25, -0.2) is 9.48 Å². The molecule has 0 aliphatic carbocycles. The van der Waals surface area contributed by atoms with Crippen molar-refractivity contribution in [2.45, 2.75) is 51.7 Å². The van der Waals surface area contributed by atoms with Crippen LogP contribution in [-0.2, 0) is 9.53 Å². The highest BCUT2D eigenvalue weighted by atomic mass is 79.9. The Balaban J connectivity index is 2.16. The van der Waals surface area contributed by atoms with Gasteiger partial charge in [0.05, 0.1) is 30.4 Å². The number of benzene rings is 1. The fraction of sp³-hybridized carbons (Fsp3) is 0.500. The van der Waals surface area contributed by atoms with Crippen LogP contribution in [0.15, 0.2) is 33.0 Å². The number of anilines is 1. The molecule has 1 N–H and O–H groups in total. The number of allylic oxidation sites excluding steroid dienone is 1. The van der Waals surface area contributed by atoms with Gasteiger partial charge in [-0.2, -0.15) is 4.98 Å². The van der Waals surface area contributed by atoms with Crippen molar-refractivity contribution in [3.63, 3.8) is 0 Å². The van der Waals surface area contributed by atoms with E-state index in [-0.39, 0.29) is 5.97 Å². The molecule has 0 radical (unpaired) electrons. The molecule has 3 rings (SSSR count). The van der Waals surface area contributed by atoms with Crippen LogP contribution in [0, 0.1) is 0 Å². The summed E-state index contributed by atoms with van der Waals surface area (Å²) in [5.74, 6) is 2.30. The average Bonchev–Trinajstić information content (AvgIpc) is 3.17. The van der Waals surface area contributed by atoms with Crippen molar-refractivity contribution in [2.75, 3.05) is 31.4 Å². The Hall–Kier alpha value is -2.20. The highest BCUT2D eigenvalue weighted by molar-refractivity contribution is 9.10. The average molecular weight is 525 g/mol. The summed E-state index contributed by atoms with van der Waals surface area (Å²) in [4.78, 5) is 17.7. The van der Waals surface area contributed by atoms with Crippen molar-refractivity contribution in [3.8, 4) is 11.5 Å². The molecule has 1 aliphatic rings. The van der Waals surface area contributed by atoms with Gasteiger partial charge < -0.3 is 19.5 Å². The number of hydrogen-bond donors (Lipinski definition) is 1. The van der Waals surface area contributed by atoms with Gasteiger partial charge in [0.2, 0.25) is 11.1 Å². The van der Waals surface area contributed by atoms with Crippen molar-refractivity contribution in [1.29, 1.82) is 0 Å². The van der Waals surface area contributed by atoms with Crippen LogP contribution in [0.2, 0.25) is 0 Å². The molecule has 2 heterocycles. The zero-order valence-electron chi connectivity index (χ0n) is 19.0. The summed E-state index contributed by atoms with van der Waals surface area (Å²) in [5, 5.41) is 8.61. The molecule has 1 aliphatic heterocycles. The molecule has 1 unspecified atom stereocenters. The molecule has 1 aromatic heterocycles. The number of carbonyl (C=O) groups is 1. The second-order valence-electron chi connectivity index (χ2n) is 7.18. The maximum Gasteiger partial charge on any atom is 0.338 e. The Morgan fingerprint density at radius 2 is 2.06 bits per heavy atom. The number of rotatable bonds is 10. The lowest BCUT2D eigenvalue weighted by Gasteiger charge is -2.28. The number of hydrogen-bond acceptors (Lipinski definition) is 8. The van der Waals surface area contributed by atoms with Gasteiger partial charge in [-0.3, -0.25) is 0 Å².